The summed E-state index contributed by atoms with van der Waals surface area (Å²) < 4.78 is 0. The number of carbonyl (C=O) groups is 1. The van der Waals surface area contributed by atoms with E-state index < -0.39 is 0 Å². The van der Waals surface area contributed by atoms with Crippen LogP contribution in [0.4, 0.5) is 22.7 Å². The third-order valence-electron chi connectivity index (χ3n) is 5.51. The van der Waals surface area contributed by atoms with E-state index in [1.807, 2.05) is 37.4 Å². The lowest BCUT2D eigenvalue weighted by molar-refractivity contribution is -0.117. The van der Waals surface area contributed by atoms with Crippen LogP contribution in [0.2, 0.25) is 0 Å². The summed E-state index contributed by atoms with van der Waals surface area (Å²) in [6.45, 7) is 5.70. The molecule has 1 aromatic carbocycles. The van der Waals surface area contributed by atoms with Crippen LogP contribution in [0, 0.1) is 12.8 Å². The van der Waals surface area contributed by atoms with Gasteiger partial charge in [-0.05, 0) is 62.8 Å². The third-order valence-corrected chi connectivity index (χ3v) is 7.21. The van der Waals surface area contributed by atoms with E-state index in [-0.39, 0.29) is 11.8 Å². The summed E-state index contributed by atoms with van der Waals surface area (Å²) in [7, 11) is 2.13. The molecule has 2 aliphatic rings. The number of benzene rings is 1. The van der Waals surface area contributed by atoms with Crippen molar-refractivity contribution in [3.63, 3.8) is 0 Å². The van der Waals surface area contributed by atoms with Gasteiger partial charge in [0.25, 0.3) is 0 Å². The van der Waals surface area contributed by atoms with Crippen LogP contribution in [0.1, 0.15) is 17.7 Å². The van der Waals surface area contributed by atoms with E-state index in [4.69, 9.17) is 4.98 Å². The molecule has 11 heteroatoms. The summed E-state index contributed by atoms with van der Waals surface area (Å²) in [5.74, 6) is 1.46. The molecule has 9 nitrogen and oxygen atoms in total. The molecule has 1 amide bonds. The zero-order chi connectivity index (χ0) is 22.8. The average Bonchev–Trinajstić information content (AvgIpc) is 3.58. The lowest BCUT2D eigenvalue weighted by Crippen LogP contribution is -2.45. The molecule has 5 rings (SSSR count). The van der Waals surface area contributed by atoms with Crippen molar-refractivity contribution in [3.05, 3.63) is 35.3 Å². The Morgan fingerprint density at radius 1 is 1.09 bits per heavy atom. The highest BCUT2D eigenvalue weighted by Crippen LogP contribution is 2.32. The number of aromatic nitrogens is 4. The molecule has 2 fully saturated rings. The van der Waals surface area contributed by atoms with E-state index in [1.54, 1.807) is 11.3 Å². The molecule has 0 spiro atoms. The van der Waals surface area contributed by atoms with Crippen LogP contribution in [0.5, 0.6) is 0 Å². The Hall–Kier alpha value is -2.76. The number of likely N-dealkylation sites (N-methyl/N-ethyl adjacent to an activating group) is 1. The summed E-state index contributed by atoms with van der Waals surface area (Å²) in [5, 5.41) is 7.58. The second kappa shape index (κ2) is 9.62. The molecule has 0 unspecified atom stereocenters. The maximum atomic E-state index is 12.0. The zero-order valence-electron chi connectivity index (χ0n) is 18.6. The number of piperazine rings is 1. The lowest BCUT2D eigenvalue weighted by atomic mass is 10.3. The summed E-state index contributed by atoms with van der Waals surface area (Å²) >= 11 is 3.04. The highest BCUT2D eigenvalue weighted by Gasteiger charge is 2.29. The molecule has 0 radical (unpaired) electrons. The SMILES string of the molecule is Cc1cnc(Nc2nc(Sc3ccc(NC(=O)C4CC4)cc3)nc(N3CCN(C)CC3)n2)s1. The van der Waals surface area contributed by atoms with Gasteiger partial charge in [0.2, 0.25) is 17.8 Å². The highest BCUT2D eigenvalue weighted by atomic mass is 32.2. The first kappa shape index (κ1) is 22.1. The number of rotatable bonds is 7. The number of thiazole rings is 1. The number of anilines is 4. The molecule has 1 saturated heterocycles. The van der Waals surface area contributed by atoms with Gasteiger partial charge in [0.1, 0.15) is 0 Å². The fourth-order valence-electron chi connectivity index (χ4n) is 3.40. The zero-order valence-corrected chi connectivity index (χ0v) is 20.2. The van der Waals surface area contributed by atoms with Crippen LogP contribution in [0.25, 0.3) is 0 Å². The van der Waals surface area contributed by atoms with E-state index in [1.165, 1.54) is 11.8 Å². The minimum atomic E-state index is 0.109. The number of nitrogens with zero attached hydrogens (tertiary/aromatic N) is 6. The maximum Gasteiger partial charge on any atom is 0.234 e. The van der Waals surface area contributed by atoms with Crippen LogP contribution in [-0.4, -0.2) is 64.0 Å². The molecule has 1 aliphatic carbocycles. The summed E-state index contributed by atoms with van der Waals surface area (Å²) in [6, 6.07) is 7.79. The Labute approximate surface area is 201 Å². The molecule has 3 heterocycles. The third kappa shape index (κ3) is 5.79. The monoisotopic (exact) mass is 482 g/mol. The minimum absolute atomic E-state index is 0.109. The smallest absolute Gasteiger partial charge is 0.234 e. The standard InChI is InChI=1S/C22H26N8OS2/c1-14-13-23-21(32-14)26-19-25-20(30-11-9-29(2)10-12-30)28-22(27-19)33-17-7-5-16(6-8-17)24-18(31)15-3-4-15/h5-8,13,15H,3-4,9-12H2,1-2H3,(H,24,31)(H,23,25,26,27,28). The van der Waals surface area contributed by atoms with Crippen molar-refractivity contribution in [2.75, 3.05) is 48.8 Å². The van der Waals surface area contributed by atoms with Crippen LogP contribution in [0.15, 0.2) is 40.5 Å². The Bertz CT molecular complexity index is 1120. The van der Waals surface area contributed by atoms with Gasteiger partial charge >= 0.3 is 0 Å². The molecule has 33 heavy (non-hydrogen) atoms. The Morgan fingerprint density at radius 3 is 2.52 bits per heavy atom. The number of nitrogens with one attached hydrogen (secondary N) is 2. The van der Waals surface area contributed by atoms with Gasteiger partial charge in [0, 0.05) is 53.8 Å². The number of hydrogen-bond donors (Lipinski definition) is 2. The van der Waals surface area contributed by atoms with Gasteiger partial charge in [0.05, 0.1) is 0 Å². The Kier molecular flexibility index (Phi) is 6.43. The van der Waals surface area contributed by atoms with Gasteiger partial charge in [-0.1, -0.05) is 0 Å². The van der Waals surface area contributed by atoms with Crippen LogP contribution >= 0.6 is 23.1 Å². The highest BCUT2D eigenvalue weighted by molar-refractivity contribution is 7.99. The summed E-state index contributed by atoms with van der Waals surface area (Å²) in [4.78, 5) is 37.0. The van der Waals surface area contributed by atoms with Crippen molar-refractivity contribution in [1.82, 2.24) is 24.8 Å². The van der Waals surface area contributed by atoms with Gasteiger partial charge in [0.15, 0.2) is 10.3 Å². The number of carbonyl (C=O) groups excluding carboxylic acids is 1. The van der Waals surface area contributed by atoms with Gasteiger partial charge in [-0.25, -0.2) is 4.98 Å². The van der Waals surface area contributed by atoms with Crippen molar-refractivity contribution < 1.29 is 4.79 Å². The molecule has 1 aliphatic heterocycles. The molecule has 0 bridgehead atoms. The van der Waals surface area contributed by atoms with Crippen molar-refractivity contribution in [1.29, 1.82) is 0 Å². The van der Waals surface area contributed by atoms with Crippen molar-refractivity contribution in [3.8, 4) is 0 Å². The van der Waals surface area contributed by atoms with Gasteiger partial charge in [-0.15, -0.1) is 11.3 Å². The van der Waals surface area contributed by atoms with Crippen LogP contribution < -0.4 is 15.5 Å². The average molecular weight is 483 g/mol. The molecule has 0 atom stereocenters. The molecular formula is C22H26N8OS2. The normalized spacial score (nSPS) is 16.6. The number of aryl methyl sites for hydroxylation is 1. The predicted octanol–water partition coefficient (Wildman–Crippen LogP) is 3.63. The summed E-state index contributed by atoms with van der Waals surface area (Å²) in [5.41, 5.74) is 0.812. The van der Waals surface area contributed by atoms with E-state index in [9.17, 15) is 4.79 Å². The van der Waals surface area contributed by atoms with Crippen molar-refractivity contribution >= 4 is 51.7 Å². The van der Waals surface area contributed by atoms with E-state index in [0.717, 1.165) is 59.6 Å². The molecule has 172 valence electrons. The van der Waals surface area contributed by atoms with E-state index in [2.05, 4.69) is 42.4 Å². The van der Waals surface area contributed by atoms with Gasteiger partial charge in [-0.3, -0.25) is 10.1 Å². The quantitative estimate of drug-likeness (QED) is 0.523. The minimum Gasteiger partial charge on any atom is -0.338 e. The number of amides is 1. The fourth-order valence-corrected chi connectivity index (χ4v) is 4.81. The van der Waals surface area contributed by atoms with E-state index >= 15 is 0 Å². The molecule has 3 aromatic rings. The van der Waals surface area contributed by atoms with Gasteiger partial charge in [-0.2, -0.15) is 15.0 Å². The molecular weight excluding hydrogens is 456 g/mol. The summed E-state index contributed by atoms with van der Waals surface area (Å²) in [6.07, 6.45) is 3.81. The second-order valence-corrected chi connectivity index (χ2v) is 10.6. The first-order valence-corrected chi connectivity index (χ1v) is 12.6. The Morgan fingerprint density at radius 2 is 1.85 bits per heavy atom. The largest absolute Gasteiger partial charge is 0.338 e. The molecule has 2 N–H and O–H groups in total. The topological polar surface area (TPSA) is 99.2 Å². The van der Waals surface area contributed by atoms with E-state index in [0.29, 0.717) is 17.1 Å². The molecule has 1 saturated carbocycles. The van der Waals surface area contributed by atoms with Crippen molar-refractivity contribution in [2.45, 2.75) is 29.8 Å². The first-order valence-electron chi connectivity index (χ1n) is 11.0. The van der Waals surface area contributed by atoms with Crippen LogP contribution in [0.3, 0.4) is 0 Å². The Balaban J connectivity index is 1.35. The van der Waals surface area contributed by atoms with Crippen molar-refractivity contribution in [2.24, 2.45) is 5.92 Å². The van der Waals surface area contributed by atoms with Crippen LogP contribution in [-0.2, 0) is 4.79 Å². The van der Waals surface area contributed by atoms with Gasteiger partial charge < -0.3 is 15.1 Å². The number of hydrogen-bond acceptors (Lipinski definition) is 10. The first-order chi connectivity index (χ1) is 16.0. The molecule has 2 aromatic heterocycles. The fraction of sp³-hybridized carbons (Fsp3) is 0.409. The maximum absolute atomic E-state index is 12.0. The second-order valence-electron chi connectivity index (χ2n) is 8.32. The lowest BCUT2D eigenvalue weighted by Gasteiger charge is -2.32. The predicted molar refractivity (Wildman–Crippen MR) is 132 cm³/mol.